The number of benzene rings is 10. The highest BCUT2D eigenvalue weighted by atomic mass is 15.0. The quantitative estimate of drug-likeness (QED) is 0.159. The Labute approximate surface area is 338 Å². The van der Waals surface area contributed by atoms with E-state index in [1.54, 1.807) is 0 Å². The molecule has 58 heavy (non-hydrogen) atoms. The van der Waals surface area contributed by atoms with E-state index >= 15 is 0 Å². The molecule has 0 atom stereocenters. The van der Waals surface area contributed by atoms with E-state index in [4.69, 9.17) is 0 Å². The Hall–Kier alpha value is -7.22. The van der Waals surface area contributed by atoms with E-state index in [0.717, 1.165) is 0 Å². The van der Waals surface area contributed by atoms with E-state index in [-0.39, 0.29) is 5.41 Å². The van der Waals surface area contributed by atoms with Gasteiger partial charge in [-0.1, -0.05) is 178 Å². The van der Waals surface area contributed by atoms with Crippen LogP contribution in [0.5, 0.6) is 0 Å². The highest BCUT2D eigenvalue weighted by molar-refractivity contribution is 6.24. The van der Waals surface area contributed by atoms with Crippen LogP contribution in [-0.2, 0) is 5.41 Å². The molecule has 0 spiro atoms. The van der Waals surface area contributed by atoms with Gasteiger partial charge in [-0.3, -0.25) is 0 Å². The van der Waals surface area contributed by atoms with Crippen molar-refractivity contribution in [3.63, 3.8) is 0 Å². The first-order valence-corrected chi connectivity index (χ1v) is 20.4. The van der Waals surface area contributed by atoms with Crippen molar-refractivity contribution >= 4 is 54.1 Å². The van der Waals surface area contributed by atoms with Crippen LogP contribution in [0.15, 0.2) is 200 Å². The lowest BCUT2D eigenvalue weighted by Gasteiger charge is -2.21. The van der Waals surface area contributed by atoms with E-state index in [1.807, 2.05) is 0 Å². The van der Waals surface area contributed by atoms with Gasteiger partial charge in [0.15, 0.2) is 0 Å². The van der Waals surface area contributed by atoms with Gasteiger partial charge in [-0.25, -0.2) is 0 Å². The van der Waals surface area contributed by atoms with Crippen molar-refractivity contribution < 1.29 is 0 Å². The Morgan fingerprint density at radius 3 is 1.53 bits per heavy atom. The van der Waals surface area contributed by atoms with Crippen LogP contribution in [0.1, 0.15) is 25.0 Å². The summed E-state index contributed by atoms with van der Waals surface area (Å²) < 4.78 is 2.46. The summed E-state index contributed by atoms with van der Waals surface area (Å²) in [5, 5.41) is 10.1. The summed E-state index contributed by atoms with van der Waals surface area (Å²) in [6, 6.07) is 74.3. The zero-order valence-corrected chi connectivity index (χ0v) is 32.5. The van der Waals surface area contributed by atoms with Gasteiger partial charge in [-0.05, 0) is 124 Å². The van der Waals surface area contributed by atoms with E-state index in [1.165, 1.54) is 115 Å². The molecule has 0 saturated heterocycles. The van der Waals surface area contributed by atoms with Crippen LogP contribution in [0.4, 0.5) is 0 Å². The number of aromatic nitrogens is 1. The molecule has 1 heteroatoms. The zero-order chi connectivity index (χ0) is 38.5. The van der Waals surface area contributed by atoms with Crippen LogP contribution < -0.4 is 0 Å². The third-order valence-corrected chi connectivity index (χ3v) is 13.0. The van der Waals surface area contributed by atoms with Crippen LogP contribution in [-0.4, -0.2) is 4.57 Å². The molecule has 0 radical (unpaired) electrons. The van der Waals surface area contributed by atoms with Crippen LogP contribution in [0, 0.1) is 0 Å². The van der Waals surface area contributed by atoms with Gasteiger partial charge in [0.1, 0.15) is 0 Å². The van der Waals surface area contributed by atoms with Gasteiger partial charge in [0, 0.05) is 21.9 Å². The number of hydrogen-bond donors (Lipinski definition) is 0. The molecule has 0 unspecified atom stereocenters. The highest BCUT2D eigenvalue weighted by Gasteiger charge is 2.36. The van der Waals surface area contributed by atoms with Crippen LogP contribution in [0.3, 0.4) is 0 Å². The first kappa shape index (κ1) is 33.0. The van der Waals surface area contributed by atoms with E-state index in [0.29, 0.717) is 0 Å². The summed E-state index contributed by atoms with van der Waals surface area (Å²) in [4.78, 5) is 0. The predicted molar refractivity (Wildman–Crippen MR) is 247 cm³/mol. The van der Waals surface area contributed by atoms with Crippen molar-refractivity contribution in [3.05, 3.63) is 211 Å². The molecule has 10 aromatic carbocycles. The monoisotopic (exact) mass is 737 g/mol. The van der Waals surface area contributed by atoms with E-state index < -0.39 is 0 Å². The molecule has 0 fully saturated rings. The molecular formula is C57H39N. The van der Waals surface area contributed by atoms with E-state index in [2.05, 4.69) is 219 Å². The van der Waals surface area contributed by atoms with Gasteiger partial charge in [-0.15, -0.1) is 0 Å². The summed E-state index contributed by atoms with van der Waals surface area (Å²) in [6.45, 7) is 4.74. The molecule has 1 aromatic heterocycles. The number of hydrogen-bond acceptors (Lipinski definition) is 0. The summed E-state index contributed by atoms with van der Waals surface area (Å²) in [5.41, 5.74) is 16.6. The Balaban J connectivity index is 1.11. The van der Waals surface area contributed by atoms with Gasteiger partial charge in [0.2, 0.25) is 0 Å². The molecule has 272 valence electrons. The average molecular weight is 738 g/mol. The molecule has 1 heterocycles. The first-order chi connectivity index (χ1) is 28.6. The lowest BCUT2D eigenvalue weighted by Crippen LogP contribution is -2.14. The maximum absolute atomic E-state index is 2.47. The standard InChI is InChI=1S/C57H39N/c1-57(2)51-28-16-15-23-42(51)48-34-50-49-33-37(29-32-53(49)58(54(50)35-52(48)57)38-19-7-4-8-20-38)39-30-31-47(41-22-10-9-21-40(39)41)56-45-26-13-11-24-43(45)55(36-17-5-3-6-18-36)44-25-12-14-27-46(44)56/h3-35H,1-2H3. The van der Waals surface area contributed by atoms with Crippen molar-refractivity contribution in [1.82, 2.24) is 4.57 Å². The topological polar surface area (TPSA) is 4.93 Å². The summed E-state index contributed by atoms with van der Waals surface area (Å²) in [5.74, 6) is 0. The van der Waals surface area contributed by atoms with Gasteiger partial charge in [0.05, 0.1) is 11.0 Å². The van der Waals surface area contributed by atoms with Crippen molar-refractivity contribution in [2.75, 3.05) is 0 Å². The lowest BCUT2D eigenvalue weighted by molar-refractivity contribution is 0.661. The van der Waals surface area contributed by atoms with Gasteiger partial charge < -0.3 is 4.57 Å². The minimum Gasteiger partial charge on any atom is -0.309 e. The molecule has 0 bridgehead atoms. The minimum atomic E-state index is -0.0809. The SMILES string of the molecule is CC1(C)c2ccccc2-c2cc3c4cc(-c5ccc(-c6c7ccccc7c(-c7ccccc7)c7ccccc67)c6ccccc56)ccc4n(-c4ccccc4)c3cc21. The average Bonchev–Trinajstić information content (AvgIpc) is 3.72. The lowest BCUT2D eigenvalue weighted by atomic mass is 9.82. The summed E-state index contributed by atoms with van der Waals surface area (Å²) in [7, 11) is 0. The Morgan fingerprint density at radius 2 is 0.845 bits per heavy atom. The smallest absolute Gasteiger partial charge is 0.0544 e. The Bertz CT molecular complexity index is 3400. The third kappa shape index (κ3) is 4.65. The molecule has 0 aliphatic heterocycles. The number of fused-ring (bicyclic) bond motifs is 9. The second-order valence-corrected chi connectivity index (χ2v) is 16.4. The van der Waals surface area contributed by atoms with Crippen molar-refractivity contribution in [2.24, 2.45) is 0 Å². The van der Waals surface area contributed by atoms with Gasteiger partial charge in [-0.2, -0.15) is 0 Å². The predicted octanol–water partition coefficient (Wildman–Crippen LogP) is 15.6. The van der Waals surface area contributed by atoms with Crippen LogP contribution in [0.2, 0.25) is 0 Å². The van der Waals surface area contributed by atoms with E-state index in [9.17, 15) is 0 Å². The Morgan fingerprint density at radius 1 is 0.310 bits per heavy atom. The second-order valence-electron chi connectivity index (χ2n) is 16.4. The maximum atomic E-state index is 2.47. The normalized spacial score (nSPS) is 13.1. The third-order valence-electron chi connectivity index (χ3n) is 13.0. The summed E-state index contributed by atoms with van der Waals surface area (Å²) >= 11 is 0. The molecule has 1 aliphatic rings. The Kier molecular flexibility index (Phi) is 7.04. The first-order valence-electron chi connectivity index (χ1n) is 20.4. The molecule has 12 rings (SSSR count). The molecule has 0 saturated carbocycles. The minimum absolute atomic E-state index is 0.0809. The number of nitrogens with zero attached hydrogens (tertiary/aromatic N) is 1. The molecule has 0 N–H and O–H groups in total. The molecule has 0 amide bonds. The fraction of sp³-hybridized carbons (Fsp3) is 0.0526. The number of para-hydroxylation sites is 1. The highest BCUT2D eigenvalue weighted by Crippen LogP contribution is 2.52. The molecule has 11 aromatic rings. The molecular weight excluding hydrogens is 699 g/mol. The van der Waals surface area contributed by atoms with Gasteiger partial charge >= 0.3 is 0 Å². The van der Waals surface area contributed by atoms with Crippen molar-refractivity contribution in [1.29, 1.82) is 0 Å². The van der Waals surface area contributed by atoms with Crippen LogP contribution in [0.25, 0.3) is 104 Å². The van der Waals surface area contributed by atoms with Crippen molar-refractivity contribution in [3.8, 4) is 50.2 Å². The maximum Gasteiger partial charge on any atom is 0.0544 e. The molecule has 1 nitrogen and oxygen atoms in total. The number of rotatable bonds is 4. The summed E-state index contributed by atoms with van der Waals surface area (Å²) in [6.07, 6.45) is 0. The second kappa shape index (κ2) is 12.4. The fourth-order valence-electron chi connectivity index (χ4n) is 10.3. The molecule has 1 aliphatic carbocycles. The van der Waals surface area contributed by atoms with Crippen LogP contribution >= 0.6 is 0 Å². The fourth-order valence-corrected chi connectivity index (χ4v) is 10.3. The zero-order valence-electron chi connectivity index (χ0n) is 32.5. The largest absolute Gasteiger partial charge is 0.309 e. The van der Waals surface area contributed by atoms with Gasteiger partial charge in [0.25, 0.3) is 0 Å². The van der Waals surface area contributed by atoms with Crippen molar-refractivity contribution in [2.45, 2.75) is 19.3 Å².